The number of aromatic nitrogens is 2. The van der Waals surface area contributed by atoms with Gasteiger partial charge in [-0.05, 0) is 19.9 Å². The average molecular weight is 406 g/mol. The quantitative estimate of drug-likeness (QED) is 0.433. The first kappa shape index (κ1) is 20.5. The smallest absolute Gasteiger partial charge is 0.303 e. The van der Waals surface area contributed by atoms with Crippen LogP contribution in [-0.2, 0) is 4.79 Å². The monoisotopic (exact) mass is 406 g/mol. The SMILES string of the molecule is CCN(C(=O)CCSCC(F)(F)F)c1sc(-c2ccc[n+](O)c2)nc1C. The zero-order valence-electron chi connectivity index (χ0n) is 14.3. The lowest BCUT2D eigenvalue weighted by Gasteiger charge is -2.19. The number of halogens is 3. The molecular formula is C16H19F3N3O2S2+. The number of carbonyl (C=O) groups is 1. The number of thioether (sulfide) groups is 1. The topological polar surface area (TPSA) is 57.3 Å². The minimum atomic E-state index is -4.22. The number of hydrogen-bond acceptors (Lipinski definition) is 5. The summed E-state index contributed by atoms with van der Waals surface area (Å²) in [7, 11) is 0. The Balaban J connectivity index is 2.08. The van der Waals surface area contributed by atoms with E-state index in [-0.39, 0.29) is 18.1 Å². The maximum absolute atomic E-state index is 12.4. The fraction of sp³-hybridized carbons (Fsp3) is 0.438. The molecule has 2 rings (SSSR count). The van der Waals surface area contributed by atoms with Gasteiger partial charge in [0.25, 0.3) is 0 Å². The molecule has 0 atom stereocenters. The van der Waals surface area contributed by atoms with Gasteiger partial charge in [0, 0.05) is 29.5 Å². The van der Waals surface area contributed by atoms with E-state index in [4.69, 9.17) is 0 Å². The first-order valence-electron chi connectivity index (χ1n) is 7.84. The van der Waals surface area contributed by atoms with Crippen molar-refractivity contribution in [3.8, 4) is 10.6 Å². The molecule has 0 saturated heterocycles. The van der Waals surface area contributed by atoms with Gasteiger partial charge in [0.15, 0.2) is 0 Å². The van der Waals surface area contributed by atoms with Crippen LogP contribution >= 0.6 is 23.1 Å². The van der Waals surface area contributed by atoms with E-state index in [1.165, 1.54) is 23.7 Å². The van der Waals surface area contributed by atoms with Crippen molar-refractivity contribution in [3.05, 3.63) is 30.2 Å². The normalized spacial score (nSPS) is 11.6. The van der Waals surface area contributed by atoms with Gasteiger partial charge in [-0.15, -0.1) is 0 Å². The Hall–Kier alpha value is -1.81. The molecule has 5 nitrogen and oxygen atoms in total. The van der Waals surface area contributed by atoms with E-state index in [2.05, 4.69) is 4.98 Å². The van der Waals surface area contributed by atoms with Crippen LogP contribution < -0.4 is 9.63 Å². The van der Waals surface area contributed by atoms with Crippen LogP contribution in [-0.4, -0.2) is 40.3 Å². The molecule has 0 bridgehead atoms. The number of amides is 1. The lowest BCUT2D eigenvalue weighted by molar-refractivity contribution is -0.904. The summed E-state index contributed by atoms with van der Waals surface area (Å²) in [5.74, 6) is -1.07. The minimum absolute atomic E-state index is 0.0310. The Morgan fingerprint density at radius 1 is 1.46 bits per heavy atom. The minimum Gasteiger partial charge on any atom is -0.303 e. The molecule has 1 amide bonds. The third-order valence-corrected chi connectivity index (χ3v) is 5.65. The van der Waals surface area contributed by atoms with E-state index in [0.717, 1.165) is 4.73 Å². The number of carbonyl (C=O) groups excluding carboxylic acids is 1. The molecule has 0 aromatic carbocycles. The maximum Gasteiger partial charge on any atom is 0.397 e. The summed E-state index contributed by atoms with van der Waals surface area (Å²) in [6.45, 7) is 3.99. The molecule has 0 spiro atoms. The van der Waals surface area contributed by atoms with Crippen LogP contribution in [0.5, 0.6) is 0 Å². The largest absolute Gasteiger partial charge is 0.397 e. The Morgan fingerprint density at radius 3 is 2.81 bits per heavy atom. The molecule has 0 aliphatic heterocycles. The van der Waals surface area contributed by atoms with Crippen molar-refractivity contribution in [2.75, 3.05) is 23.0 Å². The zero-order valence-corrected chi connectivity index (χ0v) is 15.9. The number of nitrogens with zero attached hydrogens (tertiary/aromatic N) is 3. The number of alkyl halides is 3. The number of rotatable bonds is 7. The molecule has 0 fully saturated rings. The third-order valence-electron chi connectivity index (χ3n) is 3.39. The lowest BCUT2D eigenvalue weighted by Crippen LogP contribution is -2.30. The van der Waals surface area contributed by atoms with Gasteiger partial charge in [0.05, 0.1) is 17.0 Å². The molecule has 142 valence electrons. The highest BCUT2D eigenvalue weighted by Gasteiger charge is 2.27. The molecule has 0 unspecified atom stereocenters. The summed E-state index contributed by atoms with van der Waals surface area (Å²) in [5.41, 5.74) is 1.37. The van der Waals surface area contributed by atoms with Crippen molar-refractivity contribution in [2.45, 2.75) is 26.4 Å². The fourth-order valence-corrected chi connectivity index (χ4v) is 4.10. The fourth-order valence-electron chi connectivity index (χ4n) is 2.27. The standard InChI is InChI=1S/C16H19F3N3O2S2/c1-3-22(13(23)6-8-25-10-16(17,18)19)15-11(2)20-14(26-15)12-5-4-7-21(24)9-12/h4-5,7,9,24H,3,6,8,10H2,1-2H3/q+1. The number of thiazole rings is 1. The Labute approximate surface area is 157 Å². The van der Waals surface area contributed by atoms with E-state index in [1.54, 1.807) is 24.0 Å². The second-order valence-electron chi connectivity index (χ2n) is 5.44. The van der Waals surface area contributed by atoms with Crippen molar-refractivity contribution in [1.82, 2.24) is 4.98 Å². The van der Waals surface area contributed by atoms with Crippen LogP contribution in [0.4, 0.5) is 18.2 Å². The summed E-state index contributed by atoms with van der Waals surface area (Å²) in [4.78, 5) is 18.4. The number of hydrogen-bond donors (Lipinski definition) is 1. The summed E-state index contributed by atoms with van der Waals surface area (Å²) in [6, 6.07) is 3.47. The number of aryl methyl sites for hydroxylation is 1. The highest BCUT2D eigenvalue weighted by molar-refractivity contribution is 7.99. The molecule has 1 N–H and O–H groups in total. The van der Waals surface area contributed by atoms with Gasteiger partial charge in [-0.2, -0.15) is 24.9 Å². The van der Waals surface area contributed by atoms with Gasteiger partial charge < -0.3 is 4.90 Å². The second kappa shape index (κ2) is 8.72. The zero-order chi connectivity index (χ0) is 19.3. The predicted molar refractivity (Wildman–Crippen MR) is 95.7 cm³/mol. The molecule has 26 heavy (non-hydrogen) atoms. The molecule has 0 radical (unpaired) electrons. The summed E-state index contributed by atoms with van der Waals surface area (Å²) >= 11 is 2.01. The first-order valence-corrected chi connectivity index (χ1v) is 9.81. The average Bonchev–Trinajstić information content (AvgIpc) is 2.93. The van der Waals surface area contributed by atoms with Crippen molar-refractivity contribution < 1.29 is 27.9 Å². The van der Waals surface area contributed by atoms with E-state index in [0.29, 0.717) is 39.6 Å². The Morgan fingerprint density at radius 2 is 2.19 bits per heavy atom. The van der Waals surface area contributed by atoms with E-state index < -0.39 is 11.9 Å². The molecule has 0 saturated carbocycles. The van der Waals surface area contributed by atoms with Crippen molar-refractivity contribution >= 4 is 34.0 Å². The summed E-state index contributed by atoms with van der Waals surface area (Å²) < 4.78 is 37.4. The Bertz CT molecular complexity index is 765. The van der Waals surface area contributed by atoms with Crippen molar-refractivity contribution in [3.63, 3.8) is 0 Å². The Kier molecular flexibility index (Phi) is 6.87. The highest BCUT2D eigenvalue weighted by Crippen LogP contribution is 2.34. The van der Waals surface area contributed by atoms with Gasteiger partial charge in [-0.3, -0.25) is 10.0 Å². The predicted octanol–water partition coefficient (Wildman–Crippen LogP) is 3.68. The number of anilines is 1. The molecule has 2 aromatic rings. The molecule has 0 aliphatic rings. The summed E-state index contributed by atoms with van der Waals surface area (Å²) in [5, 5.41) is 10.8. The van der Waals surface area contributed by atoms with Gasteiger partial charge in [0.1, 0.15) is 10.0 Å². The van der Waals surface area contributed by atoms with E-state index in [9.17, 15) is 23.2 Å². The van der Waals surface area contributed by atoms with Crippen molar-refractivity contribution in [2.24, 2.45) is 0 Å². The molecule has 2 heterocycles. The first-order chi connectivity index (χ1) is 12.2. The second-order valence-corrected chi connectivity index (χ2v) is 7.52. The summed E-state index contributed by atoms with van der Waals surface area (Å²) in [6.07, 6.45) is -1.21. The van der Waals surface area contributed by atoms with Crippen molar-refractivity contribution in [1.29, 1.82) is 0 Å². The molecule has 0 aliphatic carbocycles. The number of pyridine rings is 1. The molecular weight excluding hydrogens is 387 g/mol. The van der Waals surface area contributed by atoms with E-state index >= 15 is 0 Å². The lowest BCUT2D eigenvalue weighted by atomic mass is 10.3. The van der Waals surface area contributed by atoms with Gasteiger partial charge in [-0.25, -0.2) is 4.98 Å². The van der Waals surface area contributed by atoms with Crippen LogP contribution in [0, 0.1) is 6.92 Å². The molecule has 10 heteroatoms. The van der Waals surface area contributed by atoms with Gasteiger partial charge in [-0.1, -0.05) is 11.3 Å². The van der Waals surface area contributed by atoms with Crippen LogP contribution in [0.3, 0.4) is 0 Å². The van der Waals surface area contributed by atoms with Crippen LogP contribution in [0.25, 0.3) is 10.6 Å². The van der Waals surface area contributed by atoms with Gasteiger partial charge >= 0.3 is 6.18 Å². The van der Waals surface area contributed by atoms with Gasteiger partial charge in [0.2, 0.25) is 18.3 Å². The molecule has 2 aromatic heterocycles. The third kappa shape index (κ3) is 5.60. The van der Waals surface area contributed by atoms with E-state index in [1.807, 2.05) is 6.92 Å². The van der Waals surface area contributed by atoms with Crippen LogP contribution in [0.1, 0.15) is 19.0 Å². The van der Waals surface area contributed by atoms with Crippen LogP contribution in [0.15, 0.2) is 24.5 Å². The maximum atomic E-state index is 12.4. The highest BCUT2D eigenvalue weighted by atomic mass is 32.2. The van der Waals surface area contributed by atoms with Crippen LogP contribution in [0.2, 0.25) is 0 Å².